The van der Waals surface area contributed by atoms with E-state index in [0.29, 0.717) is 5.70 Å². The Balaban J connectivity index is 2.07. The van der Waals surface area contributed by atoms with Crippen LogP contribution in [0.2, 0.25) is 0 Å². The summed E-state index contributed by atoms with van der Waals surface area (Å²) in [6.45, 7) is 0. The third-order valence-corrected chi connectivity index (χ3v) is 2.57. The summed E-state index contributed by atoms with van der Waals surface area (Å²) in [5, 5.41) is 3.59. The molecule has 0 spiro atoms. The Kier molecular flexibility index (Phi) is 2.19. The van der Waals surface area contributed by atoms with Crippen molar-refractivity contribution < 1.29 is 4.79 Å². The maximum Gasteiger partial charge on any atom is 0.275 e. The second-order valence-corrected chi connectivity index (χ2v) is 3.72. The number of nitrogens with one attached hydrogen (secondary N) is 1. The molecule has 4 nitrogen and oxygen atoms in total. The van der Waals surface area contributed by atoms with Crippen LogP contribution in [0.3, 0.4) is 0 Å². The van der Waals surface area contributed by atoms with Gasteiger partial charge in [-0.1, -0.05) is 18.2 Å². The monoisotopic (exact) mass is 223 g/mol. The third-order valence-electron chi connectivity index (χ3n) is 2.57. The molecular weight excluding hydrogens is 214 g/mol. The molecule has 1 amide bonds. The van der Waals surface area contributed by atoms with Gasteiger partial charge in [0.1, 0.15) is 5.70 Å². The van der Waals surface area contributed by atoms with Gasteiger partial charge in [-0.05, 0) is 23.8 Å². The Hall–Kier alpha value is -2.49. The minimum Gasteiger partial charge on any atom is -0.311 e. The predicted molar refractivity (Wildman–Crippen MR) is 66.4 cm³/mol. The fourth-order valence-electron chi connectivity index (χ4n) is 1.73. The van der Waals surface area contributed by atoms with Gasteiger partial charge in [-0.15, -0.1) is 0 Å². The number of hydrogen-bond donors (Lipinski definition) is 1. The standard InChI is InChI=1S/C13H9N3O/c17-13-12(15-8-16-13)7-9-3-4-10-2-1-5-14-11(10)6-9/h1-8H,(H,15,16,17). The SMILES string of the molecule is O=C1NC=NC1=Cc1ccc2cccnc2c1. The van der Waals surface area contributed by atoms with Gasteiger partial charge in [-0.3, -0.25) is 9.78 Å². The smallest absolute Gasteiger partial charge is 0.275 e. The topological polar surface area (TPSA) is 54.4 Å². The number of hydrogen-bond acceptors (Lipinski definition) is 3. The zero-order chi connectivity index (χ0) is 11.7. The molecule has 0 atom stereocenters. The summed E-state index contributed by atoms with van der Waals surface area (Å²) in [5.41, 5.74) is 2.24. The molecule has 17 heavy (non-hydrogen) atoms. The van der Waals surface area contributed by atoms with Crippen molar-refractivity contribution in [2.45, 2.75) is 0 Å². The van der Waals surface area contributed by atoms with Crippen LogP contribution in [0.5, 0.6) is 0 Å². The van der Waals surface area contributed by atoms with E-state index in [4.69, 9.17) is 0 Å². The zero-order valence-corrected chi connectivity index (χ0v) is 8.92. The second kappa shape index (κ2) is 3.83. The van der Waals surface area contributed by atoms with Crippen LogP contribution in [0.15, 0.2) is 47.2 Å². The number of carbonyl (C=O) groups is 1. The molecule has 0 saturated carbocycles. The van der Waals surface area contributed by atoms with Crippen LogP contribution in [0.4, 0.5) is 0 Å². The number of carbonyl (C=O) groups excluding carboxylic acids is 1. The van der Waals surface area contributed by atoms with Gasteiger partial charge in [-0.2, -0.15) is 0 Å². The largest absolute Gasteiger partial charge is 0.311 e. The first-order valence-corrected chi connectivity index (χ1v) is 5.23. The van der Waals surface area contributed by atoms with Crippen molar-refractivity contribution in [2.75, 3.05) is 0 Å². The molecule has 0 aliphatic carbocycles. The van der Waals surface area contributed by atoms with Gasteiger partial charge >= 0.3 is 0 Å². The molecule has 3 rings (SSSR count). The van der Waals surface area contributed by atoms with Crippen molar-refractivity contribution in [1.82, 2.24) is 10.3 Å². The summed E-state index contributed by atoms with van der Waals surface area (Å²) in [6.07, 6.45) is 4.89. The van der Waals surface area contributed by atoms with E-state index in [-0.39, 0.29) is 5.91 Å². The Morgan fingerprint density at radius 2 is 2.18 bits per heavy atom. The van der Waals surface area contributed by atoms with Gasteiger partial charge in [0.05, 0.1) is 11.9 Å². The minimum atomic E-state index is -0.175. The van der Waals surface area contributed by atoms with Crippen molar-refractivity contribution in [3.63, 3.8) is 0 Å². The molecule has 1 aliphatic rings. The van der Waals surface area contributed by atoms with Crippen molar-refractivity contribution in [2.24, 2.45) is 4.99 Å². The van der Waals surface area contributed by atoms with E-state index in [9.17, 15) is 4.79 Å². The van der Waals surface area contributed by atoms with Crippen LogP contribution in [0, 0.1) is 0 Å². The summed E-state index contributed by atoms with van der Waals surface area (Å²) in [5.74, 6) is -0.175. The van der Waals surface area contributed by atoms with Crippen molar-refractivity contribution in [3.05, 3.63) is 47.8 Å². The first kappa shape index (κ1) is 9.72. The molecule has 82 valence electrons. The highest BCUT2D eigenvalue weighted by Gasteiger charge is 2.11. The number of nitrogens with zero attached hydrogens (tertiary/aromatic N) is 2. The molecule has 1 aromatic heterocycles. The third kappa shape index (κ3) is 1.80. The zero-order valence-electron chi connectivity index (χ0n) is 8.92. The number of rotatable bonds is 1. The number of aromatic nitrogens is 1. The highest BCUT2D eigenvalue weighted by Crippen LogP contribution is 2.16. The summed E-state index contributed by atoms with van der Waals surface area (Å²) in [6, 6.07) is 9.75. The molecule has 0 bridgehead atoms. The van der Waals surface area contributed by atoms with E-state index in [1.165, 1.54) is 6.34 Å². The quantitative estimate of drug-likeness (QED) is 0.748. The lowest BCUT2D eigenvalue weighted by Gasteiger charge is -1.98. The van der Waals surface area contributed by atoms with E-state index in [1.54, 1.807) is 12.3 Å². The molecule has 1 aliphatic heterocycles. The fourth-order valence-corrected chi connectivity index (χ4v) is 1.73. The van der Waals surface area contributed by atoms with Crippen LogP contribution in [-0.4, -0.2) is 17.2 Å². The van der Waals surface area contributed by atoms with Gasteiger partial charge < -0.3 is 5.32 Å². The summed E-state index contributed by atoms with van der Waals surface area (Å²) >= 11 is 0. The molecule has 1 N–H and O–H groups in total. The summed E-state index contributed by atoms with van der Waals surface area (Å²) in [4.78, 5) is 19.5. The Bertz CT molecular complexity index is 659. The molecule has 4 heteroatoms. The van der Waals surface area contributed by atoms with Gasteiger partial charge in [0, 0.05) is 11.6 Å². The fraction of sp³-hybridized carbons (Fsp3) is 0. The molecule has 2 heterocycles. The minimum absolute atomic E-state index is 0.175. The van der Waals surface area contributed by atoms with Crippen LogP contribution < -0.4 is 5.32 Å². The van der Waals surface area contributed by atoms with Gasteiger partial charge in [0.15, 0.2) is 0 Å². The normalized spacial score (nSPS) is 16.7. The van der Waals surface area contributed by atoms with Crippen molar-refractivity contribution in [1.29, 1.82) is 0 Å². The highest BCUT2D eigenvalue weighted by atomic mass is 16.2. The molecule has 0 radical (unpaired) electrons. The maximum absolute atomic E-state index is 11.3. The summed E-state index contributed by atoms with van der Waals surface area (Å²) in [7, 11) is 0. The Morgan fingerprint density at radius 3 is 3.00 bits per heavy atom. The second-order valence-electron chi connectivity index (χ2n) is 3.72. The molecule has 0 unspecified atom stereocenters. The first-order valence-electron chi connectivity index (χ1n) is 5.23. The van der Waals surface area contributed by atoms with Crippen LogP contribution in [0.1, 0.15) is 5.56 Å². The molecule has 0 fully saturated rings. The van der Waals surface area contributed by atoms with Gasteiger partial charge in [0.25, 0.3) is 5.91 Å². The van der Waals surface area contributed by atoms with Crippen molar-refractivity contribution >= 4 is 29.2 Å². The van der Waals surface area contributed by atoms with E-state index >= 15 is 0 Å². The number of benzene rings is 1. The van der Waals surface area contributed by atoms with E-state index < -0.39 is 0 Å². The number of amides is 1. The number of aliphatic imine (C=N–C) groups is 1. The number of fused-ring (bicyclic) bond motifs is 1. The number of pyridine rings is 1. The first-order chi connectivity index (χ1) is 8.33. The molecular formula is C13H9N3O. The van der Waals surface area contributed by atoms with Gasteiger partial charge in [0.2, 0.25) is 0 Å². The lowest BCUT2D eigenvalue weighted by atomic mass is 10.1. The Morgan fingerprint density at radius 1 is 1.24 bits per heavy atom. The predicted octanol–water partition coefficient (Wildman–Crippen LogP) is 1.73. The molecule has 0 saturated heterocycles. The van der Waals surface area contributed by atoms with Crippen molar-refractivity contribution in [3.8, 4) is 0 Å². The van der Waals surface area contributed by atoms with E-state index in [1.807, 2.05) is 30.3 Å². The lowest BCUT2D eigenvalue weighted by molar-refractivity contribution is -0.115. The van der Waals surface area contributed by atoms with Crippen LogP contribution in [-0.2, 0) is 4.79 Å². The molecule has 1 aromatic carbocycles. The highest BCUT2D eigenvalue weighted by molar-refractivity contribution is 6.08. The molecule has 2 aromatic rings. The van der Waals surface area contributed by atoms with E-state index in [2.05, 4.69) is 15.3 Å². The van der Waals surface area contributed by atoms with E-state index in [0.717, 1.165) is 16.5 Å². The average Bonchev–Trinajstić information content (AvgIpc) is 2.75. The lowest BCUT2D eigenvalue weighted by Crippen LogP contribution is -2.14. The Labute approximate surface area is 97.7 Å². The van der Waals surface area contributed by atoms with Crippen LogP contribution >= 0.6 is 0 Å². The maximum atomic E-state index is 11.3. The van der Waals surface area contributed by atoms with Crippen LogP contribution in [0.25, 0.3) is 17.0 Å². The average molecular weight is 223 g/mol. The van der Waals surface area contributed by atoms with Gasteiger partial charge in [-0.25, -0.2) is 4.99 Å². The summed E-state index contributed by atoms with van der Waals surface area (Å²) < 4.78 is 0.